The van der Waals surface area contributed by atoms with Crippen LogP contribution in [0.25, 0.3) is 11.1 Å². The van der Waals surface area contributed by atoms with E-state index in [1.807, 2.05) is 61.5 Å². The van der Waals surface area contributed by atoms with Crippen LogP contribution in [0.3, 0.4) is 0 Å². The third-order valence-corrected chi connectivity index (χ3v) is 9.82. The molecule has 0 saturated carbocycles. The van der Waals surface area contributed by atoms with Crippen molar-refractivity contribution in [3.8, 4) is 0 Å². The van der Waals surface area contributed by atoms with E-state index in [0.717, 1.165) is 16.7 Å². The van der Waals surface area contributed by atoms with E-state index in [-0.39, 0.29) is 36.2 Å². The maximum atomic E-state index is 14.3. The van der Waals surface area contributed by atoms with E-state index in [0.29, 0.717) is 62.7 Å². The highest BCUT2D eigenvalue weighted by Crippen LogP contribution is 2.27. The van der Waals surface area contributed by atoms with Gasteiger partial charge < -0.3 is 35.7 Å². The number of aryl methyl sites for hydroxylation is 1. The van der Waals surface area contributed by atoms with Crippen molar-refractivity contribution in [2.24, 2.45) is 11.7 Å². The maximum Gasteiger partial charge on any atom is 0.408 e. The molecule has 0 spiro atoms. The van der Waals surface area contributed by atoms with Crippen molar-refractivity contribution in [1.82, 2.24) is 25.8 Å². The fourth-order valence-electron chi connectivity index (χ4n) is 7.12. The van der Waals surface area contributed by atoms with E-state index >= 15 is 0 Å². The van der Waals surface area contributed by atoms with Gasteiger partial charge in [-0.1, -0.05) is 73.7 Å². The molecule has 3 amide bonds. The Labute approximate surface area is 302 Å². The second kappa shape index (κ2) is 16.5. The quantitative estimate of drug-likeness (QED) is 0.0560. The maximum absolute atomic E-state index is 14.3. The number of fused-ring (bicyclic) bond motifs is 2. The highest BCUT2D eigenvalue weighted by Gasteiger charge is 2.43. The molecule has 6 N–H and O–H groups in total. The smallest absolute Gasteiger partial charge is 0.408 e. The number of guanidine groups is 1. The summed E-state index contributed by atoms with van der Waals surface area (Å²) >= 11 is 0. The molecular formula is C39H45N7O6. The summed E-state index contributed by atoms with van der Waals surface area (Å²) in [4.78, 5) is 61.3. The van der Waals surface area contributed by atoms with Gasteiger partial charge in [-0.25, -0.2) is 9.78 Å². The molecule has 2 heterocycles. The van der Waals surface area contributed by atoms with Crippen LogP contribution in [0.15, 0.2) is 83.3 Å². The van der Waals surface area contributed by atoms with Gasteiger partial charge in [0.15, 0.2) is 11.5 Å². The molecule has 52 heavy (non-hydrogen) atoms. The van der Waals surface area contributed by atoms with Gasteiger partial charge in [-0.3, -0.25) is 19.8 Å². The van der Waals surface area contributed by atoms with E-state index in [2.05, 4.69) is 20.9 Å². The predicted molar refractivity (Wildman–Crippen MR) is 195 cm³/mol. The molecule has 13 nitrogen and oxygen atoms in total. The normalized spacial score (nSPS) is 18.0. The SMILES string of the molecule is C[C@H]1CCN(C(=O)[C@@H](CCc2ccccc2)NC(=O)OC2Cc3ccccc3C2)[C@@H]1C(=O)N[C@@H](CCCNC(=N)N)C(=O)c1nc2ccccc2o1. The molecule has 1 aromatic heterocycles. The van der Waals surface area contributed by atoms with E-state index < -0.39 is 35.9 Å². The van der Waals surface area contributed by atoms with Crippen molar-refractivity contribution in [1.29, 1.82) is 5.41 Å². The Bertz CT molecular complexity index is 1860. The number of ether oxygens (including phenoxy) is 1. The first-order valence-electron chi connectivity index (χ1n) is 17.8. The molecule has 6 rings (SSSR count). The zero-order valence-electron chi connectivity index (χ0n) is 29.2. The lowest BCUT2D eigenvalue weighted by Crippen LogP contribution is -2.56. The number of oxazole rings is 1. The minimum absolute atomic E-state index is 0.132. The molecule has 0 bridgehead atoms. The minimum Gasteiger partial charge on any atom is -0.446 e. The van der Waals surface area contributed by atoms with Gasteiger partial charge in [0.2, 0.25) is 17.6 Å². The summed E-state index contributed by atoms with van der Waals surface area (Å²) < 4.78 is 11.6. The summed E-state index contributed by atoms with van der Waals surface area (Å²) in [6.07, 6.45) is 2.17. The lowest BCUT2D eigenvalue weighted by Gasteiger charge is -2.31. The number of likely N-dealkylation sites (tertiary alicyclic amines) is 1. The fraction of sp³-hybridized carbons (Fsp3) is 0.385. The first-order chi connectivity index (χ1) is 25.2. The molecule has 4 aromatic rings. The number of ketones is 1. The molecule has 1 aliphatic carbocycles. The predicted octanol–water partition coefficient (Wildman–Crippen LogP) is 3.89. The molecule has 13 heteroatoms. The summed E-state index contributed by atoms with van der Waals surface area (Å²) in [6, 6.07) is 21.8. The number of aromatic nitrogens is 1. The number of para-hydroxylation sites is 2. The third-order valence-electron chi connectivity index (χ3n) is 9.82. The van der Waals surface area contributed by atoms with Crippen LogP contribution in [-0.4, -0.2) is 76.9 Å². The Morgan fingerprint density at radius 3 is 2.35 bits per heavy atom. The molecule has 0 radical (unpaired) electrons. The number of rotatable bonds is 14. The molecule has 1 aliphatic heterocycles. The monoisotopic (exact) mass is 707 g/mol. The molecule has 2 aliphatic rings. The second-order valence-electron chi connectivity index (χ2n) is 13.6. The largest absolute Gasteiger partial charge is 0.446 e. The molecule has 1 saturated heterocycles. The number of nitrogens with one attached hydrogen (secondary N) is 4. The van der Waals surface area contributed by atoms with Gasteiger partial charge in [-0.15, -0.1) is 0 Å². The third kappa shape index (κ3) is 8.76. The lowest BCUT2D eigenvalue weighted by molar-refractivity contribution is -0.141. The number of nitrogens with two attached hydrogens (primary N) is 1. The number of carbonyl (C=O) groups is 4. The van der Waals surface area contributed by atoms with E-state index in [4.69, 9.17) is 20.3 Å². The standard InChI is InChI=1S/C39H45N7O6/c1-24-19-21-46(33(24)35(48)43-30(15-9-20-42-38(40)41)34(47)36-44-29-14-7-8-16-32(29)52-36)37(49)31(18-17-25-10-3-2-4-11-25)45-39(50)51-28-22-26-12-5-6-13-27(26)23-28/h2-8,10-14,16,24,28,30-31,33H,9,15,17-23H2,1H3,(H,43,48)(H,45,50)(H4,40,41,42)/t24-,30-,31+,33-/m0/s1. The van der Waals surface area contributed by atoms with Crippen LogP contribution in [0.4, 0.5) is 4.79 Å². The van der Waals surface area contributed by atoms with Gasteiger partial charge in [0.1, 0.15) is 23.7 Å². The number of hydrogen-bond acceptors (Lipinski definition) is 8. The number of alkyl carbamates (subject to hydrolysis) is 1. The zero-order valence-corrected chi connectivity index (χ0v) is 29.2. The molecule has 1 fully saturated rings. The van der Waals surface area contributed by atoms with Crippen molar-refractivity contribution < 1.29 is 28.3 Å². The minimum atomic E-state index is -1.02. The van der Waals surface area contributed by atoms with E-state index in [1.54, 1.807) is 24.3 Å². The van der Waals surface area contributed by atoms with E-state index in [1.165, 1.54) is 4.90 Å². The summed E-state index contributed by atoms with van der Waals surface area (Å²) in [5, 5.41) is 15.9. The number of amides is 3. The van der Waals surface area contributed by atoms with Crippen molar-refractivity contribution in [3.05, 3.63) is 101 Å². The molecule has 272 valence electrons. The van der Waals surface area contributed by atoms with Crippen LogP contribution in [0.1, 0.15) is 60.0 Å². The van der Waals surface area contributed by atoms with Crippen LogP contribution in [0, 0.1) is 11.3 Å². The Kier molecular flexibility index (Phi) is 11.5. The van der Waals surface area contributed by atoms with Crippen molar-refractivity contribution in [2.45, 2.75) is 76.1 Å². The highest BCUT2D eigenvalue weighted by atomic mass is 16.6. The first kappa shape index (κ1) is 36.1. The number of hydrogen-bond donors (Lipinski definition) is 5. The Morgan fingerprint density at radius 1 is 0.942 bits per heavy atom. The van der Waals surface area contributed by atoms with Crippen LogP contribution in [0.2, 0.25) is 0 Å². The van der Waals surface area contributed by atoms with Crippen molar-refractivity contribution in [3.63, 3.8) is 0 Å². The zero-order chi connectivity index (χ0) is 36.6. The second-order valence-corrected chi connectivity index (χ2v) is 13.6. The van der Waals surface area contributed by atoms with Gasteiger partial charge in [0.05, 0.1) is 6.04 Å². The Hall–Kier alpha value is -5.72. The summed E-state index contributed by atoms with van der Waals surface area (Å²) in [7, 11) is 0. The van der Waals surface area contributed by atoms with E-state index in [9.17, 15) is 19.2 Å². The topological polar surface area (TPSA) is 193 Å². The molecule has 0 unspecified atom stereocenters. The van der Waals surface area contributed by atoms with Gasteiger partial charge in [-0.2, -0.15) is 0 Å². The van der Waals surface area contributed by atoms with Crippen molar-refractivity contribution in [2.75, 3.05) is 13.1 Å². The fourth-order valence-corrected chi connectivity index (χ4v) is 7.12. The molecular weight excluding hydrogens is 662 g/mol. The van der Waals surface area contributed by atoms with Gasteiger partial charge in [-0.05, 0) is 66.8 Å². The van der Waals surface area contributed by atoms with Gasteiger partial charge in [0.25, 0.3) is 5.89 Å². The first-order valence-corrected chi connectivity index (χ1v) is 17.8. The van der Waals surface area contributed by atoms with Crippen LogP contribution >= 0.6 is 0 Å². The summed E-state index contributed by atoms with van der Waals surface area (Å²) in [5.74, 6) is -1.93. The number of carbonyl (C=O) groups excluding carboxylic acids is 4. The number of benzene rings is 3. The van der Waals surface area contributed by atoms with Crippen molar-refractivity contribution >= 4 is 40.8 Å². The highest BCUT2D eigenvalue weighted by molar-refractivity contribution is 6.01. The average Bonchev–Trinajstić information content (AvgIpc) is 3.87. The van der Waals surface area contributed by atoms with Gasteiger partial charge >= 0.3 is 6.09 Å². The summed E-state index contributed by atoms with van der Waals surface area (Å²) in [6.45, 7) is 2.51. The Morgan fingerprint density at radius 2 is 1.63 bits per heavy atom. The average molecular weight is 708 g/mol. The number of nitrogens with zero attached hydrogens (tertiary/aromatic N) is 2. The summed E-state index contributed by atoms with van der Waals surface area (Å²) in [5.41, 5.74) is 9.67. The lowest BCUT2D eigenvalue weighted by atomic mass is 9.99. The van der Waals surface area contributed by atoms with Crippen LogP contribution < -0.4 is 21.7 Å². The number of Topliss-reactive ketones (excluding diaryl/α,β-unsaturated/α-hetero) is 1. The van der Waals surface area contributed by atoms with Gasteiger partial charge in [0, 0.05) is 25.9 Å². The Balaban J connectivity index is 1.17. The van der Waals surface area contributed by atoms with Crippen LogP contribution in [-0.2, 0) is 33.6 Å². The molecule has 4 atom stereocenters. The van der Waals surface area contributed by atoms with Crippen LogP contribution in [0.5, 0.6) is 0 Å². The molecule has 3 aromatic carbocycles.